The monoisotopic (exact) mass is 207 g/mol. The summed E-state index contributed by atoms with van der Waals surface area (Å²) in [6, 6.07) is 6.31. The Hall–Kier alpha value is -1.02. The fourth-order valence-corrected chi connectivity index (χ4v) is 1.88. The van der Waals surface area contributed by atoms with Crippen LogP contribution in [0.1, 0.15) is 25.0 Å². The lowest BCUT2D eigenvalue weighted by Gasteiger charge is -2.26. The Bertz CT molecular complexity index is 295. The Labute approximate surface area is 92.9 Å². The van der Waals surface area contributed by atoms with E-state index in [0.717, 1.165) is 25.3 Å². The molecule has 0 saturated heterocycles. The van der Waals surface area contributed by atoms with E-state index in [0.29, 0.717) is 0 Å². The topological polar surface area (TPSA) is 12.5 Å². The maximum absolute atomic E-state index is 5.33. The molecule has 0 amide bonds. The van der Waals surface area contributed by atoms with Crippen LogP contribution in [0.15, 0.2) is 18.2 Å². The fraction of sp³-hybridized carbons (Fsp3) is 0.538. The van der Waals surface area contributed by atoms with E-state index in [-0.39, 0.29) is 0 Å². The Morgan fingerprint density at radius 3 is 2.67 bits per heavy atom. The molecular weight excluding hydrogens is 186 g/mol. The van der Waals surface area contributed by atoms with Gasteiger partial charge in [0.05, 0.1) is 7.11 Å². The summed E-state index contributed by atoms with van der Waals surface area (Å²) in [6.07, 6.45) is 1.14. The van der Waals surface area contributed by atoms with Gasteiger partial charge in [-0.2, -0.15) is 0 Å². The molecule has 1 heterocycles. The van der Waals surface area contributed by atoms with E-state index < -0.39 is 0 Å². The minimum atomic E-state index is 1.01. The third kappa shape index (κ3) is 2.72. The molecule has 0 spiro atoms. The maximum atomic E-state index is 5.33. The molecule has 2 heteroatoms. The molecule has 1 aliphatic rings. The normalized spacial score (nSPS) is 14.9. The van der Waals surface area contributed by atoms with E-state index in [2.05, 4.69) is 24.1 Å². The summed E-state index contributed by atoms with van der Waals surface area (Å²) in [7, 11) is 3.89. The Morgan fingerprint density at radius 1 is 1.27 bits per heavy atom. The zero-order valence-corrected chi connectivity index (χ0v) is 10.2. The van der Waals surface area contributed by atoms with Crippen LogP contribution in [0.2, 0.25) is 0 Å². The smallest absolute Gasteiger partial charge is 0.123 e. The van der Waals surface area contributed by atoms with Crippen molar-refractivity contribution >= 4 is 0 Å². The van der Waals surface area contributed by atoms with E-state index in [9.17, 15) is 0 Å². The average Bonchev–Trinajstić information content (AvgIpc) is 2.31. The molecule has 2 rings (SSSR count). The quantitative estimate of drug-likeness (QED) is 0.702. The van der Waals surface area contributed by atoms with Gasteiger partial charge in [0.1, 0.15) is 5.75 Å². The third-order valence-corrected chi connectivity index (χ3v) is 2.64. The molecule has 1 aromatic carbocycles. The number of hydrogen-bond donors (Lipinski definition) is 0. The van der Waals surface area contributed by atoms with E-state index in [1.807, 2.05) is 19.9 Å². The van der Waals surface area contributed by atoms with Crippen molar-refractivity contribution in [3.8, 4) is 5.75 Å². The van der Waals surface area contributed by atoms with E-state index in [4.69, 9.17) is 4.74 Å². The van der Waals surface area contributed by atoms with Crippen molar-refractivity contribution in [3.05, 3.63) is 29.3 Å². The molecule has 0 aliphatic carbocycles. The first-order valence-corrected chi connectivity index (χ1v) is 5.64. The number of likely N-dealkylation sites (N-methyl/N-ethyl adjacent to an activating group) is 1. The van der Waals surface area contributed by atoms with E-state index >= 15 is 0 Å². The highest BCUT2D eigenvalue weighted by molar-refractivity contribution is 5.41. The van der Waals surface area contributed by atoms with Crippen LogP contribution >= 0.6 is 0 Å². The van der Waals surface area contributed by atoms with Gasteiger partial charge in [0.15, 0.2) is 0 Å². The molecule has 84 valence electrons. The number of ether oxygens (including phenoxy) is 1. The lowest BCUT2D eigenvalue weighted by Crippen LogP contribution is -2.26. The van der Waals surface area contributed by atoms with Crippen LogP contribution in [0.25, 0.3) is 0 Å². The predicted molar refractivity (Wildman–Crippen MR) is 64.4 cm³/mol. The number of hydrogen-bond acceptors (Lipinski definition) is 2. The van der Waals surface area contributed by atoms with Crippen molar-refractivity contribution in [2.24, 2.45) is 0 Å². The van der Waals surface area contributed by atoms with Gasteiger partial charge >= 0.3 is 0 Å². The predicted octanol–water partition coefficient (Wildman–Crippen LogP) is 2.71. The summed E-state index contributed by atoms with van der Waals surface area (Å²) in [5.74, 6) is 1.03. The second-order valence-corrected chi connectivity index (χ2v) is 3.59. The van der Waals surface area contributed by atoms with Gasteiger partial charge in [-0.15, -0.1) is 0 Å². The third-order valence-electron chi connectivity index (χ3n) is 2.64. The summed E-state index contributed by atoms with van der Waals surface area (Å²) in [5, 5.41) is 0. The zero-order valence-electron chi connectivity index (χ0n) is 10.2. The van der Waals surface area contributed by atoms with Crippen molar-refractivity contribution in [3.63, 3.8) is 0 Å². The second kappa shape index (κ2) is 5.76. The van der Waals surface area contributed by atoms with Crippen molar-refractivity contribution in [1.29, 1.82) is 0 Å². The fourth-order valence-electron chi connectivity index (χ4n) is 1.88. The lowest BCUT2D eigenvalue weighted by molar-refractivity contribution is 0.302. The molecule has 0 saturated carbocycles. The van der Waals surface area contributed by atoms with Crippen LogP contribution in [0, 0.1) is 0 Å². The van der Waals surface area contributed by atoms with Gasteiger partial charge in [0.25, 0.3) is 0 Å². The molecule has 1 aliphatic heterocycles. The van der Waals surface area contributed by atoms with Gasteiger partial charge in [-0.05, 0) is 25.1 Å². The standard InChI is InChI=1S/C11H15NO.C2H6/c1-12-7-6-9-4-3-5-11(13-2)10(9)8-12;1-2/h3-5H,6-8H2,1-2H3;1-2H3. The van der Waals surface area contributed by atoms with Crippen LogP contribution in [-0.2, 0) is 13.0 Å². The summed E-state index contributed by atoms with van der Waals surface area (Å²) < 4.78 is 5.33. The second-order valence-electron chi connectivity index (χ2n) is 3.59. The lowest BCUT2D eigenvalue weighted by atomic mass is 9.99. The number of rotatable bonds is 1. The van der Waals surface area contributed by atoms with Crippen LogP contribution in [0.3, 0.4) is 0 Å². The summed E-state index contributed by atoms with van der Waals surface area (Å²) in [6.45, 7) is 6.17. The van der Waals surface area contributed by atoms with E-state index in [1.165, 1.54) is 11.1 Å². The Balaban J connectivity index is 0.000000531. The van der Waals surface area contributed by atoms with Gasteiger partial charge < -0.3 is 9.64 Å². The zero-order chi connectivity index (χ0) is 11.3. The van der Waals surface area contributed by atoms with Gasteiger partial charge in [0, 0.05) is 18.7 Å². The van der Waals surface area contributed by atoms with Crippen molar-refractivity contribution in [2.75, 3.05) is 20.7 Å². The van der Waals surface area contributed by atoms with Crippen LogP contribution in [0.5, 0.6) is 5.75 Å². The first-order chi connectivity index (χ1) is 7.31. The molecule has 0 bridgehead atoms. The summed E-state index contributed by atoms with van der Waals surface area (Å²) in [4.78, 5) is 2.32. The van der Waals surface area contributed by atoms with Crippen LogP contribution in [-0.4, -0.2) is 25.6 Å². The highest BCUT2D eigenvalue weighted by atomic mass is 16.5. The largest absolute Gasteiger partial charge is 0.496 e. The summed E-state index contributed by atoms with van der Waals surface area (Å²) in [5.41, 5.74) is 2.80. The molecule has 0 N–H and O–H groups in total. The van der Waals surface area contributed by atoms with Crippen molar-refractivity contribution in [1.82, 2.24) is 4.90 Å². The van der Waals surface area contributed by atoms with Crippen LogP contribution < -0.4 is 4.74 Å². The van der Waals surface area contributed by atoms with Crippen molar-refractivity contribution in [2.45, 2.75) is 26.8 Å². The maximum Gasteiger partial charge on any atom is 0.123 e. The number of fused-ring (bicyclic) bond motifs is 1. The van der Waals surface area contributed by atoms with Crippen LogP contribution in [0.4, 0.5) is 0 Å². The van der Waals surface area contributed by atoms with E-state index in [1.54, 1.807) is 7.11 Å². The molecule has 0 aromatic heterocycles. The molecule has 0 unspecified atom stereocenters. The minimum Gasteiger partial charge on any atom is -0.496 e. The number of nitrogens with zero attached hydrogens (tertiary/aromatic N) is 1. The van der Waals surface area contributed by atoms with Gasteiger partial charge in [0.2, 0.25) is 0 Å². The number of methoxy groups -OCH3 is 1. The first-order valence-electron chi connectivity index (χ1n) is 5.64. The first kappa shape index (κ1) is 12.1. The Morgan fingerprint density at radius 2 is 2.00 bits per heavy atom. The SMILES string of the molecule is CC.COc1cccc2c1CN(C)CC2. The molecule has 0 atom stereocenters. The highest BCUT2D eigenvalue weighted by Crippen LogP contribution is 2.26. The van der Waals surface area contributed by atoms with Gasteiger partial charge in [-0.3, -0.25) is 0 Å². The molecular formula is C13H21NO. The molecule has 0 fully saturated rings. The van der Waals surface area contributed by atoms with Crippen molar-refractivity contribution < 1.29 is 4.74 Å². The highest BCUT2D eigenvalue weighted by Gasteiger charge is 2.15. The molecule has 2 nitrogen and oxygen atoms in total. The molecule has 1 aromatic rings. The minimum absolute atomic E-state index is 1.01. The average molecular weight is 207 g/mol. The molecule has 15 heavy (non-hydrogen) atoms. The number of benzene rings is 1. The Kier molecular flexibility index (Phi) is 4.63. The van der Waals surface area contributed by atoms with Gasteiger partial charge in [-0.25, -0.2) is 0 Å². The molecule has 0 radical (unpaired) electrons. The van der Waals surface area contributed by atoms with Gasteiger partial charge in [-0.1, -0.05) is 26.0 Å². The summed E-state index contributed by atoms with van der Waals surface area (Å²) >= 11 is 0.